The van der Waals surface area contributed by atoms with E-state index in [4.69, 9.17) is 0 Å². The summed E-state index contributed by atoms with van der Waals surface area (Å²) in [6.07, 6.45) is 7.97. The molecule has 1 aromatic heterocycles. The zero-order valence-corrected chi connectivity index (χ0v) is 12.3. The van der Waals surface area contributed by atoms with E-state index >= 15 is 0 Å². The van der Waals surface area contributed by atoms with Crippen LogP contribution in [-0.2, 0) is 16.3 Å². The van der Waals surface area contributed by atoms with Crippen LogP contribution in [0.2, 0.25) is 0 Å². The van der Waals surface area contributed by atoms with Gasteiger partial charge in [0.05, 0.1) is 10.3 Å². The van der Waals surface area contributed by atoms with Crippen LogP contribution in [0.3, 0.4) is 0 Å². The quantitative estimate of drug-likeness (QED) is 0.894. The maximum atomic E-state index is 11.7. The largest absolute Gasteiger partial charge is 0.312 e. The highest BCUT2D eigenvalue weighted by Gasteiger charge is 2.32. The number of thiazole rings is 1. The number of sulfone groups is 1. The molecule has 0 amide bonds. The van der Waals surface area contributed by atoms with E-state index in [9.17, 15) is 8.42 Å². The van der Waals surface area contributed by atoms with E-state index in [1.165, 1.54) is 6.26 Å². The Balaban J connectivity index is 1.86. The Morgan fingerprint density at radius 3 is 2.89 bits per heavy atom. The van der Waals surface area contributed by atoms with Gasteiger partial charge in [0.1, 0.15) is 0 Å². The Labute approximate surface area is 113 Å². The van der Waals surface area contributed by atoms with Crippen molar-refractivity contribution in [2.75, 3.05) is 12.8 Å². The molecule has 18 heavy (non-hydrogen) atoms. The number of hydrogen-bond acceptors (Lipinski definition) is 5. The smallest absolute Gasteiger partial charge is 0.151 e. The van der Waals surface area contributed by atoms with E-state index in [0.29, 0.717) is 0 Å². The average Bonchev–Trinajstić information content (AvgIpc) is 2.81. The van der Waals surface area contributed by atoms with Crippen LogP contribution in [0.15, 0.2) is 11.6 Å². The van der Waals surface area contributed by atoms with Crippen LogP contribution in [0.1, 0.15) is 30.7 Å². The van der Waals surface area contributed by atoms with Crippen LogP contribution in [0.5, 0.6) is 0 Å². The summed E-state index contributed by atoms with van der Waals surface area (Å²) in [4.78, 5) is 4.23. The van der Waals surface area contributed by atoms with Crippen molar-refractivity contribution in [3.8, 4) is 0 Å². The maximum Gasteiger partial charge on any atom is 0.151 e. The van der Waals surface area contributed by atoms with Crippen LogP contribution in [0, 0.1) is 0 Å². The second-order valence-electron chi connectivity index (χ2n) is 4.89. The Bertz CT molecular complexity index is 456. The molecule has 1 saturated carbocycles. The van der Waals surface area contributed by atoms with Gasteiger partial charge in [0.2, 0.25) is 0 Å². The summed E-state index contributed by atoms with van der Waals surface area (Å²) >= 11 is 1.65. The number of nitrogens with zero attached hydrogens (tertiary/aromatic N) is 1. The summed E-state index contributed by atoms with van der Waals surface area (Å²) in [5.41, 5.74) is 0. The predicted molar refractivity (Wildman–Crippen MR) is 74.7 cm³/mol. The van der Waals surface area contributed by atoms with E-state index in [-0.39, 0.29) is 11.3 Å². The van der Waals surface area contributed by atoms with Crippen molar-refractivity contribution in [1.29, 1.82) is 0 Å². The highest BCUT2D eigenvalue weighted by molar-refractivity contribution is 7.91. The van der Waals surface area contributed by atoms with Crippen molar-refractivity contribution < 1.29 is 8.42 Å². The molecule has 1 aliphatic rings. The SMILES string of the molecule is CS(=O)(=O)C1CCCCC1NCCc1nccs1. The molecule has 1 heterocycles. The zero-order valence-electron chi connectivity index (χ0n) is 10.6. The van der Waals surface area contributed by atoms with Crippen LogP contribution in [0.25, 0.3) is 0 Å². The molecule has 6 heteroatoms. The van der Waals surface area contributed by atoms with Crippen molar-refractivity contribution in [1.82, 2.24) is 10.3 Å². The van der Waals surface area contributed by atoms with Gasteiger partial charge in [-0.2, -0.15) is 0 Å². The lowest BCUT2D eigenvalue weighted by Crippen LogP contribution is -2.46. The molecule has 4 nitrogen and oxygen atoms in total. The van der Waals surface area contributed by atoms with E-state index in [0.717, 1.165) is 43.7 Å². The molecule has 0 aromatic carbocycles. The summed E-state index contributed by atoms with van der Waals surface area (Å²) in [5.74, 6) is 0. The molecule has 2 rings (SSSR count). The number of nitrogens with one attached hydrogen (secondary N) is 1. The third-order valence-corrected chi connectivity index (χ3v) is 5.98. The molecule has 0 spiro atoms. The van der Waals surface area contributed by atoms with Gasteiger partial charge in [-0.15, -0.1) is 11.3 Å². The molecule has 1 N–H and O–H groups in total. The van der Waals surface area contributed by atoms with Crippen LogP contribution >= 0.6 is 11.3 Å². The molecule has 2 atom stereocenters. The van der Waals surface area contributed by atoms with Crippen LogP contribution in [-0.4, -0.2) is 37.5 Å². The number of rotatable bonds is 5. The molecule has 0 saturated heterocycles. The molecule has 102 valence electrons. The fourth-order valence-electron chi connectivity index (χ4n) is 2.58. The van der Waals surface area contributed by atoms with Crippen molar-refractivity contribution in [2.24, 2.45) is 0 Å². The highest BCUT2D eigenvalue weighted by Crippen LogP contribution is 2.24. The van der Waals surface area contributed by atoms with Gasteiger partial charge in [-0.1, -0.05) is 12.8 Å². The third-order valence-electron chi connectivity index (χ3n) is 3.48. The van der Waals surface area contributed by atoms with Gasteiger partial charge >= 0.3 is 0 Å². The second kappa shape index (κ2) is 6.12. The first-order chi connectivity index (χ1) is 8.57. The maximum absolute atomic E-state index is 11.7. The van der Waals surface area contributed by atoms with E-state index in [1.807, 2.05) is 5.38 Å². The van der Waals surface area contributed by atoms with Gasteiger partial charge < -0.3 is 5.32 Å². The summed E-state index contributed by atoms with van der Waals surface area (Å²) in [5, 5.41) is 6.27. The fourth-order valence-corrected chi connectivity index (χ4v) is 4.63. The Hall–Kier alpha value is -0.460. The molecular formula is C12H20N2O2S2. The predicted octanol–water partition coefficient (Wildman–Crippen LogP) is 1.63. The molecule has 0 radical (unpaired) electrons. The monoisotopic (exact) mass is 288 g/mol. The van der Waals surface area contributed by atoms with Crippen LogP contribution in [0.4, 0.5) is 0 Å². The van der Waals surface area contributed by atoms with Crippen molar-refractivity contribution >= 4 is 21.2 Å². The van der Waals surface area contributed by atoms with E-state index < -0.39 is 9.84 Å². The molecular weight excluding hydrogens is 268 g/mol. The normalized spacial score (nSPS) is 25.2. The first-order valence-electron chi connectivity index (χ1n) is 6.38. The van der Waals surface area contributed by atoms with Gasteiger partial charge in [0.15, 0.2) is 9.84 Å². The lowest BCUT2D eigenvalue weighted by molar-refractivity contribution is 0.373. The van der Waals surface area contributed by atoms with Crippen molar-refractivity contribution in [3.05, 3.63) is 16.6 Å². The Morgan fingerprint density at radius 1 is 1.44 bits per heavy atom. The average molecular weight is 288 g/mol. The summed E-state index contributed by atoms with van der Waals surface area (Å²) in [6, 6.07) is 0.119. The van der Waals surface area contributed by atoms with Crippen molar-refractivity contribution in [3.63, 3.8) is 0 Å². The van der Waals surface area contributed by atoms with E-state index in [1.54, 1.807) is 17.5 Å². The van der Waals surface area contributed by atoms with Gasteiger partial charge in [0, 0.05) is 36.8 Å². The van der Waals surface area contributed by atoms with Crippen LogP contribution < -0.4 is 5.32 Å². The first-order valence-corrected chi connectivity index (χ1v) is 9.21. The van der Waals surface area contributed by atoms with Gasteiger partial charge in [0.25, 0.3) is 0 Å². The third kappa shape index (κ3) is 3.76. The second-order valence-corrected chi connectivity index (χ2v) is 8.13. The lowest BCUT2D eigenvalue weighted by Gasteiger charge is -2.30. The minimum atomic E-state index is -2.93. The topological polar surface area (TPSA) is 59.1 Å². The highest BCUT2D eigenvalue weighted by atomic mass is 32.2. The number of aromatic nitrogens is 1. The lowest BCUT2D eigenvalue weighted by atomic mass is 9.95. The minimum Gasteiger partial charge on any atom is -0.312 e. The molecule has 1 aliphatic carbocycles. The molecule has 0 aliphatic heterocycles. The number of hydrogen-bond donors (Lipinski definition) is 1. The molecule has 2 unspecified atom stereocenters. The summed E-state index contributed by atoms with van der Waals surface area (Å²) in [7, 11) is -2.93. The standard InChI is InChI=1S/C12H20N2O2S2/c1-18(15,16)11-5-3-2-4-10(11)13-7-6-12-14-8-9-17-12/h8-11,13H,2-7H2,1H3. The van der Waals surface area contributed by atoms with Gasteiger partial charge in [-0.05, 0) is 12.8 Å². The minimum absolute atomic E-state index is 0.119. The summed E-state index contributed by atoms with van der Waals surface area (Å²) in [6.45, 7) is 0.810. The summed E-state index contributed by atoms with van der Waals surface area (Å²) < 4.78 is 23.5. The molecule has 1 aromatic rings. The fraction of sp³-hybridized carbons (Fsp3) is 0.750. The molecule has 0 bridgehead atoms. The first kappa shape index (κ1) is 14.0. The Kier molecular flexibility index (Phi) is 4.75. The van der Waals surface area contributed by atoms with Crippen molar-refractivity contribution in [2.45, 2.75) is 43.4 Å². The molecule has 1 fully saturated rings. The van der Waals surface area contributed by atoms with E-state index in [2.05, 4.69) is 10.3 Å². The van der Waals surface area contributed by atoms with Gasteiger partial charge in [-0.25, -0.2) is 13.4 Å². The Morgan fingerprint density at radius 2 is 2.22 bits per heavy atom. The van der Waals surface area contributed by atoms with Gasteiger partial charge in [-0.3, -0.25) is 0 Å². The zero-order chi connectivity index (χ0) is 13.0.